The maximum Gasteiger partial charge on any atom is 0.284 e. The van der Waals surface area contributed by atoms with Crippen molar-refractivity contribution in [1.82, 2.24) is 19.7 Å². The monoisotopic (exact) mass is 375 g/mol. The molecule has 138 valence electrons. The number of nitro benzene ring substituents is 1. The maximum absolute atomic E-state index is 12.8. The van der Waals surface area contributed by atoms with Gasteiger partial charge < -0.3 is 9.47 Å². The van der Waals surface area contributed by atoms with Crippen LogP contribution in [0, 0.1) is 10.1 Å². The highest BCUT2D eigenvalue weighted by molar-refractivity contribution is 7.99. The van der Waals surface area contributed by atoms with Crippen LogP contribution < -0.4 is 0 Å². The molecular weight excluding hydrogens is 354 g/mol. The third kappa shape index (κ3) is 3.87. The summed E-state index contributed by atoms with van der Waals surface area (Å²) in [4.78, 5) is 26.0. The molecule has 3 rings (SSSR count). The lowest BCUT2D eigenvalue weighted by Crippen LogP contribution is -2.38. The Morgan fingerprint density at radius 2 is 2.08 bits per heavy atom. The first-order valence-corrected chi connectivity index (χ1v) is 9.36. The van der Waals surface area contributed by atoms with Crippen LogP contribution in [0.4, 0.5) is 5.69 Å². The molecule has 0 atom stereocenters. The van der Waals surface area contributed by atoms with Crippen LogP contribution in [0.2, 0.25) is 0 Å². The van der Waals surface area contributed by atoms with Gasteiger partial charge in [0.1, 0.15) is 6.33 Å². The summed E-state index contributed by atoms with van der Waals surface area (Å²) in [6, 6.07) is 4.83. The van der Waals surface area contributed by atoms with Crippen molar-refractivity contribution < 1.29 is 9.72 Å². The molecule has 1 saturated carbocycles. The zero-order valence-electron chi connectivity index (χ0n) is 14.8. The molecule has 1 aromatic heterocycles. The smallest absolute Gasteiger partial charge is 0.284 e. The summed E-state index contributed by atoms with van der Waals surface area (Å²) >= 11 is 1.16. The van der Waals surface area contributed by atoms with E-state index in [4.69, 9.17) is 0 Å². The number of carbonyl (C=O) groups excluding carboxylic acids is 1. The minimum atomic E-state index is -0.462. The molecule has 0 unspecified atom stereocenters. The number of rotatable bonds is 5. The molecule has 26 heavy (non-hydrogen) atoms. The zero-order chi connectivity index (χ0) is 18.7. The average molecular weight is 375 g/mol. The van der Waals surface area contributed by atoms with Crippen LogP contribution in [-0.2, 0) is 7.05 Å². The molecule has 0 aliphatic heterocycles. The fourth-order valence-electron chi connectivity index (χ4n) is 3.18. The van der Waals surface area contributed by atoms with Gasteiger partial charge in [-0.3, -0.25) is 14.9 Å². The summed E-state index contributed by atoms with van der Waals surface area (Å²) in [5, 5.41) is 19.8. The second-order valence-electron chi connectivity index (χ2n) is 6.47. The Morgan fingerprint density at radius 1 is 1.35 bits per heavy atom. The lowest BCUT2D eigenvalue weighted by molar-refractivity contribution is -0.387. The van der Waals surface area contributed by atoms with E-state index in [-0.39, 0.29) is 17.6 Å². The maximum atomic E-state index is 12.8. The van der Waals surface area contributed by atoms with Crippen molar-refractivity contribution in [1.29, 1.82) is 0 Å². The van der Waals surface area contributed by atoms with E-state index in [1.165, 1.54) is 18.8 Å². The molecule has 1 aliphatic carbocycles. The van der Waals surface area contributed by atoms with Crippen molar-refractivity contribution in [3.63, 3.8) is 0 Å². The summed E-state index contributed by atoms with van der Waals surface area (Å²) in [6.45, 7) is 0. The third-order valence-electron chi connectivity index (χ3n) is 4.72. The molecular formula is C17H21N5O3S. The van der Waals surface area contributed by atoms with Crippen LogP contribution in [0.3, 0.4) is 0 Å². The van der Waals surface area contributed by atoms with E-state index >= 15 is 0 Å². The Morgan fingerprint density at radius 3 is 2.69 bits per heavy atom. The van der Waals surface area contributed by atoms with Gasteiger partial charge in [-0.15, -0.1) is 10.2 Å². The van der Waals surface area contributed by atoms with Gasteiger partial charge in [-0.05, 0) is 36.7 Å². The molecule has 0 radical (unpaired) electrons. The van der Waals surface area contributed by atoms with Crippen LogP contribution in [0.1, 0.15) is 42.5 Å². The van der Waals surface area contributed by atoms with Crippen LogP contribution in [0.15, 0.2) is 34.6 Å². The topological polar surface area (TPSA) is 94.2 Å². The van der Waals surface area contributed by atoms with Crippen LogP contribution in [0.25, 0.3) is 0 Å². The summed E-state index contributed by atoms with van der Waals surface area (Å²) in [5.74, 6) is -0.171. The van der Waals surface area contributed by atoms with Gasteiger partial charge in [0.25, 0.3) is 11.6 Å². The number of nitrogens with zero attached hydrogens (tertiary/aromatic N) is 5. The number of aryl methyl sites for hydroxylation is 1. The van der Waals surface area contributed by atoms with E-state index < -0.39 is 4.92 Å². The fourth-order valence-corrected chi connectivity index (χ4v) is 4.03. The van der Waals surface area contributed by atoms with E-state index in [0.29, 0.717) is 15.6 Å². The average Bonchev–Trinajstić information content (AvgIpc) is 3.06. The molecule has 1 aliphatic rings. The van der Waals surface area contributed by atoms with Crippen molar-refractivity contribution in [2.45, 2.75) is 48.2 Å². The SMILES string of the molecule is CN(C(=O)c1ccc(Sc2nncn2C)c([N+](=O)[O-])c1)C1CCCCC1. The normalized spacial score (nSPS) is 15.0. The standard InChI is InChI=1S/C17H21N5O3S/c1-20-11-18-19-17(20)26-15-9-8-12(10-14(15)22(24)25)16(23)21(2)13-6-4-3-5-7-13/h8-11,13H,3-7H2,1-2H3. The van der Waals surface area contributed by atoms with E-state index in [0.717, 1.165) is 37.4 Å². The van der Waals surface area contributed by atoms with E-state index in [9.17, 15) is 14.9 Å². The highest BCUT2D eigenvalue weighted by Crippen LogP contribution is 2.34. The van der Waals surface area contributed by atoms with E-state index in [2.05, 4.69) is 10.2 Å². The largest absolute Gasteiger partial charge is 0.339 e. The summed E-state index contributed by atoms with van der Waals surface area (Å²) in [6.07, 6.45) is 6.96. The molecule has 0 saturated heterocycles. The van der Waals surface area contributed by atoms with Gasteiger partial charge in [0.15, 0.2) is 5.16 Å². The molecule has 2 aromatic rings. The molecule has 0 spiro atoms. The van der Waals surface area contributed by atoms with Crippen molar-refractivity contribution in [3.05, 3.63) is 40.2 Å². The minimum absolute atomic E-state index is 0.0964. The van der Waals surface area contributed by atoms with Gasteiger partial charge in [0.2, 0.25) is 0 Å². The Kier molecular flexibility index (Phi) is 5.55. The van der Waals surface area contributed by atoms with Crippen LogP contribution >= 0.6 is 11.8 Å². The quantitative estimate of drug-likeness (QED) is 0.588. The fraction of sp³-hybridized carbons (Fsp3) is 0.471. The van der Waals surface area contributed by atoms with Crippen molar-refractivity contribution in [3.8, 4) is 0 Å². The lowest BCUT2D eigenvalue weighted by Gasteiger charge is -2.31. The number of hydrogen-bond donors (Lipinski definition) is 0. The molecule has 1 amide bonds. The predicted molar refractivity (Wildman–Crippen MR) is 97.2 cm³/mol. The van der Waals surface area contributed by atoms with Gasteiger partial charge in [0.05, 0.1) is 9.82 Å². The third-order valence-corrected chi connectivity index (χ3v) is 5.83. The molecule has 9 heteroatoms. The second-order valence-corrected chi connectivity index (χ2v) is 7.48. The highest BCUT2D eigenvalue weighted by atomic mass is 32.2. The molecule has 1 aromatic carbocycles. The van der Waals surface area contributed by atoms with Crippen molar-refractivity contribution in [2.75, 3.05) is 7.05 Å². The summed E-state index contributed by atoms with van der Waals surface area (Å²) in [5.41, 5.74) is 0.244. The molecule has 0 N–H and O–H groups in total. The summed E-state index contributed by atoms with van der Waals surface area (Å²) in [7, 11) is 3.55. The van der Waals surface area contributed by atoms with Crippen LogP contribution in [-0.4, -0.2) is 43.6 Å². The number of amides is 1. The second kappa shape index (κ2) is 7.86. The first-order valence-electron chi connectivity index (χ1n) is 8.55. The number of nitro groups is 1. The predicted octanol–water partition coefficient (Wildman–Crippen LogP) is 3.28. The zero-order valence-corrected chi connectivity index (χ0v) is 15.6. The number of carbonyl (C=O) groups is 1. The van der Waals surface area contributed by atoms with Crippen molar-refractivity contribution in [2.24, 2.45) is 7.05 Å². The van der Waals surface area contributed by atoms with Crippen molar-refractivity contribution >= 4 is 23.4 Å². The van der Waals surface area contributed by atoms with E-state index in [1.807, 2.05) is 0 Å². The van der Waals surface area contributed by atoms with Gasteiger partial charge in [-0.2, -0.15) is 0 Å². The Balaban J connectivity index is 1.84. The van der Waals surface area contributed by atoms with Gasteiger partial charge in [-0.25, -0.2) is 0 Å². The summed E-state index contributed by atoms with van der Waals surface area (Å²) < 4.78 is 1.68. The van der Waals surface area contributed by atoms with E-state index in [1.54, 1.807) is 35.7 Å². The number of hydrogen-bond acceptors (Lipinski definition) is 6. The Hall–Kier alpha value is -2.42. The minimum Gasteiger partial charge on any atom is -0.339 e. The lowest BCUT2D eigenvalue weighted by atomic mass is 9.94. The first-order chi connectivity index (χ1) is 12.5. The Labute approximate surface area is 155 Å². The molecule has 0 bridgehead atoms. The number of aromatic nitrogens is 3. The molecule has 8 nitrogen and oxygen atoms in total. The highest BCUT2D eigenvalue weighted by Gasteiger charge is 2.25. The molecule has 1 heterocycles. The van der Waals surface area contributed by atoms with Gasteiger partial charge >= 0.3 is 0 Å². The first kappa shape index (κ1) is 18.4. The van der Waals surface area contributed by atoms with Gasteiger partial charge in [-0.1, -0.05) is 19.3 Å². The Bertz CT molecular complexity index is 816. The number of benzene rings is 1. The van der Waals surface area contributed by atoms with Gasteiger partial charge in [0, 0.05) is 31.8 Å². The molecule has 1 fully saturated rings. The van der Waals surface area contributed by atoms with Crippen LogP contribution in [0.5, 0.6) is 0 Å².